The minimum absolute atomic E-state index is 0.0434. The second kappa shape index (κ2) is 10.3. The summed E-state index contributed by atoms with van der Waals surface area (Å²) < 4.78 is 0. The van der Waals surface area contributed by atoms with Crippen LogP contribution in [0.2, 0.25) is 0 Å². The highest BCUT2D eigenvalue weighted by molar-refractivity contribution is 5.92. The second-order valence-electron chi connectivity index (χ2n) is 6.50. The number of benzene rings is 1. The van der Waals surface area contributed by atoms with Crippen molar-refractivity contribution in [2.24, 2.45) is 0 Å². The molecule has 1 heterocycles. The van der Waals surface area contributed by atoms with Gasteiger partial charge in [-0.1, -0.05) is 13.0 Å². The quantitative estimate of drug-likeness (QED) is 0.750. The predicted molar refractivity (Wildman–Crippen MR) is 108 cm³/mol. The number of carbonyl (C=O) groups excluding carboxylic acids is 2. The fraction of sp³-hybridized carbons (Fsp3) is 0.350. The zero-order valence-corrected chi connectivity index (χ0v) is 16.1. The van der Waals surface area contributed by atoms with E-state index in [0.717, 1.165) is 12.1 Å². The molecular formula is C20H27N5O2. The molecule has 7 heteroatoms. The van der Waals surface area contributed by atoms with E-state index in [0.29, 0.717) is 30.9 Å². The van der Waals surface area contributed by atoms with Crippen LogP contribution in [0.4, 0.5) is 16.2 Å². The van der Waals surface area contributed by atoms with Crippen LogP contribution in [0.25, 0.3) is 0 Å². The van der Waals surface area contributed by atoms with Crippen molar-refractivity contribution < 1.29 is 9.59 Å². The average molecular weight is 369 g/mol. The van der Waals surface area contributed by atoms with Gasteiger partial charge in [0.15, 0.2) is 0 Å². The number of urea groups is 1. The maximum Gasteiger partial charge on any atom is 0.322 e. The Bertz CT molecular complexity index is 732. The van der Waals surface area contributed by atoms with Crippen LogP contribution in [0, 0.1) is 0 Å². The van der Waals surface area contributed by atoms with E-state index >= 15 is 0 Å². The van der Waals surface area contributed by atoms with Gasteiger partial charge in [0.1, 0.15) is 0 Å². The van der Waals surface area contributed by atoms with Crippen LogP contribution in [0.1, 0.15) is 18.9 Å². The first kappa shape index (κ1) is 20.4. The van der Waals surface area contributed by atoms with Gasteiger partial charge in [0, 0.05) is 49.8 Å². The number of likely N-dealkylation sites (N-methyl/N-ethyl adjacent to an activating group) is 1. The molecule has 2 aromatic rings. The number of rotatable bonds is 8. The Morgan fingerprint density at radius 3 is 2.22 bits per heavy atom. The zero-order valence-electron chi connectivity index (χ0n) is 16.1. The van der Waals surface area contributed by atoms with Crippen LogP contribution >= 0.6 is 0 Å². The summed E-state index contributed by atoms with van der Waals surface area (Å²) in [6, 6.07) is 10.7. The van der Waals surface area contributed by atoms with Crippen molar-refractivity contribution >= 4 is 23.3 Å². The number of carbonyl (C=O) groups is 2. The van der Waals surface area contributed by atoms with E-state index in [2.05, 4.69) is 15.6 Å². The summed E-state index contributed by atoms with van der Waals surface area (Å²) in [5.74, 6) is -0.0434. The molecule has 1 aromatic carbocycles. The van der Waals surface area contributed by atoms with E-state index < -0.39 is 0 Å². The molecule has 144 valence electrons. The third-order valence-electron chi connectivity index (χ3n) is 3.94. The van der Waals surface area contributed by atoms with Crippen molar-refractivity contribution in [2.45, 2.75) is 19.9 Å². The van der Waals surface area contributed by atoms with Gasteiger partial charge < -0.3 is 20.4 Å². The molecule has 0 fully saturated rings. The zero-order chi connectivity index (χ0) is 19.6. The molecule has 0 bridgehead atoms. The highest BCUT2D eigenvalue weighted by Crippen LogP contribution is 2.15. The highest BCUT2D eigenvalue weighted by atomic mass is 16.2. The Balaban J connectivity index is 2.02. The fourth-order valence-electron chi connectivity index (χ4n) is 2.37. The van der Waals surface area contributed by atoms with E-state index in [9.17, 15) is 9.59 Å². The molecule has 3 amide bonds. The minimum atomic E-state index is -0.175. The molecule has 2 N–H and O–H groups in total. The molecular weight excluding hydrogens is 342 g/mol. The minimum Gasteiger partial charge on any atom is -0.326 e. The summed E-state index contributed by atoms with van der Waals surface area (Å²) in [5, 5.41) is 5.70. The number of hydrogen-bond donors (Lipinski definition) is 2. The van der Waals surface area contributed by atoms with Gasteiger partial charge in [-0.3, -0.25) is 9.78 Å². The van der Waals surface area contributed by atoms with Crippen LogP contribution < -0.4 is 10.6 Å². The first-order valence-corrected chi connectivity index (χ1v) is 8.97. The molecule has 0 radical (unpaired) electrons. The van der Waals surface area contributed by atoms with Gasteiger partial charge in [0.05, 0.1) is 0 Å². The lowest BCUT2D eigenvalue weighted by Gasteiger charge is -2.25. The lowest BCUT2D eigenvalue weighted by atomic mass is 10.2. The topological polar surface area (TPSA) is 77.6 Å². The fourth-order valence-corrected chi connectivity index (χ4v) is 2.37. The highest BCUT2D eigenvalue weighted by Gasteiger charge is 2.14. The van der Waals surface area contributed by atoms with Gasteiger partial charge in [-0.05, 0) is 50.0 Å². The summed E-state index contributed by atoms with van der Waals surface area (Å²) >= 11 is 0. The standard InChI is InChI=1S/C20H27N5O2/c1-4-19(26)22-17-7-9-18(10-8-17)23-20(27)25(13-12-24(2)3)15-16-6-5-11-21-14-16/h5-11,14H,4,12-13,15H2,1-3H3,(H,22,26)(H,23,27). The molecule has 0 unspecified atom stereocenters. The second-order valence-corrected chi connectivity index (χ2v) is 6.50. The number of amides is 3. The van der Waals surface area contributed by atoms with Crippen molar-refractivity contribution in [3.05, 3.63) is 54.4 Å². The molecule has 0 spiro atoms. The van der Waals surface area contributed by atoms with Gasteiger partial charge in [0.2, 0.25) is 5.91 Å². The SMILES string of the molecule is CCC(=O)Nc1ccc(NC(=O)N(CCN(C)C)Cc2cccnc2)cc1. The van der Waals surface area contributed by atoms with E-state index in [1.807, 2.05) is 31.1 Å². The summed E-state index contributed by atoms with van der Waals surface area (Å²) in [6.07, 6.45) is 3.90. The van der Waals surface area contributed by atoms with Crippen molar-refractivity contribution in [1.82, 2.24) is 14.8 Å². The van der Waals surface area contributed by atoms with Gasteiger partial charge in [-0.2, -0.15) is 0 Å². The van der Waals surface area contributed by atoms with Crippen LogP contribution in [-0.4, -0.2) is 53.9 Å². The first-order chi connectivity index (χ1) is 13.0. The number of aromatic nitrogens is 1. The van der Waals surface area contributed by atoms with E-state index in [-0.39, 0.29) is 11.9 Å². The third-order valence-corrected chi connectivity index (χ3v) is 3.94. The third kappa shape index (κ3) is 7.07. The molecule has 0 atom stereocenters. The molecule has 27 heavy (non-hydrogen) atoms. The predicted octanol–water partition coefficient (Wildman–Crippen LogP) is 3.03. The molecule has 2 rings (SSSR count). The van der Waals surface area contributed by atoms with Crippen molar-refractivity contribution in [3.8, 4) is 0 Å². The van der Waals surface area contributed by atoms with Gasteiger partial charge >= 0.3 is 6.03 Å². The van der Waals surface area contributed by atoms with E-state index in [1.54, 1.807) is 48.5 Å². The Labute approximate surface area is 160 Å². The number of hydrogen-bond acceptors (Lipinski definition) is 4. The molecule has 0 aliphatic heterocycles. The maximum absolute atomic E-state index is 12.7. The Hall–Kier alpha value is -2.93. The molecule has 0 saturated heterocycles. The van der Waals surface area contributed by atoms with Crippen LogP contribution in [0.3, 0.4) is 0 Å². The number of nitrogens with one attached hydrogen (secondary N) is 2. The first-order valence-electron chi connectivity index (χ1n) is 8.97. The Morgan fingerprint density at radius 2 is 1.67 bits per heavy atom. The molecule has 0 aliphatic rings. The van der Waals surface area contributed by atoms with Crippen LogP contribution in [-0.2, 0) is 11.3 Å². The van der Waals surface area contributed by atoms with E-state index in [1.165, 1.54) is 0 Å². The van der Waals surface area contributed by atoms with Crippen LogP contribution in [0.5, 0.6) is 0 Å². The van der Waals surface area contributed by atoms with Gasteiger partial charge in [-0.25, -0.2) is 4.79 Å². The summed E-state index contributed by atoms with van der Waals surface area (Å²) in [5.41, 5.74) is 2.36. The smallest absolute Gasteiger partial charge is 0.322 e. The summed E-state index contributed by atoms with van der Waals surface area (Å²) in [7, 11) is 3.95. The summed E-state index contributed by atoms with van der Waals surface area (Å²) in [4.78, 5) is 32.1. The van der Waals surface area contributed by atoms with Gasteiger partial charge in [-0.15, -0.1) is 0 Å². The Kier molecular flexibility index (Phi) is 7.76. The number of nitrogens with zero attached hydrogens (tertiary/aromatic N) is 3. The van der Waals surface area contributed by atoms with Gasteiger partial charge in [0.25, 0.3) is 0 Å². The van der Waals surface area contributed by atoms with E-state index in [4.69, 9.17) is 0 Å². The summed E-state index contributed by atoms with van der Waals surface area (Å²) in [6.45, 7) is 3.64. The lowest BCUT2D eigenvalue weighted by molar-refractivity contribution is -0.115. The van der Waals surface area contributed by atoms with Crippen molar-refractivity contribution in [1.29, 1.82) is 0 Å². The van der Waals surface area contributed by atoms with Crippen molar-refractivity contribution in [3.63, 3.8) is 0 Å². The Morgan fingerprint density at radius 1 is 1.00 bits per heavy atom. The molecule has 0 saturated carbocycles. The molecule has 0 aliphatic carbocycles. The number of anilines is 2. The molecule has 1 aromatic heterocycles. The average Bonchev–Trinajstić information content (AvgIpc) is 2.67. The largest absolute Gasteiger partial charge is 0.326 e. The normalized spacial score (nSPS) is 10.5. The molecule has 7 nitrogen and oxygen atoms in total. The lowest BCUT2D eigenvalue weighted by Crippen LogP contribution is -2.39. The monoisotopic (exact) mass is 369 g/mol. The maximum atomic E-state index is 12.7. The number of pyridine rings is 1. The van der Waals surface area contributed by atoms with Crippen molar-refractivity contribution in [2.75, 3.05) is 37.8 Å². The van der Waals surface area contributed by atoms with Crippen LogP contribution in [0.15, 0.2) is 48.8 Å².